The number of rotatable bonds is 5. The summed E-state index contributed by atoms with van der Waals surface area (Å²) in [5, 5.41) is 1.17. The van der Waals surface area contributed by atoms with Gasteiger partial charge in [0.2, 0.25) is 5.91 Å². The fourth-order valence-electron chi connectivity index (χ4n) is 4.43. The van der Waals surface area contributed by atoms with Crippen LogP contribution in [-0.2, 0) is 4.79 Å². The van der Waals surface area contributed by atoms with Crippen molar-refractivity contribution in [2.45, 2.75) is 31.6 Å². The Kier molecular flexibility index (Phi) is 5.28. The third kappa shape index (κ3) is 3.74. The van der Waals surface area contributed by atoms with Gasteiger partial charge in [0.25, 0.3) is 11.8 Å². The molecule has 1 saturated heterocycles. The van der Waals surface area contributed by atoms with E-state index in [1.165, 1.54) is 14.6 Å². The predicted octanol–water partition coefficient (Wildman–Crippen LogP) is 4.08. The van der Waals surface area contributed by atoms with Crippen LogP contribution in [0.4, 0.5) is 0 Å². The normalized spacial score (nSPS) is 16.9. The van der Waals surface area contributed by atoms with E-state index in [0.29, 0.717) is 29.9 Å². The fourth-order valence-corrected chi connectivity index (χ4v) is 5.57. The highest BCUT2D eigenvalue weighted by Crippen LogP contribution is 2.34. The molecule has 3 heterocycles. The molecule has 0 spiro atoms. The Morgan fingerprint density at radius 1 is 0.968 bits per heavy atom. The summed E-state index contributed by atoms with van der Waals surface area (Å²) in [4.78, 5) is 45.5. The highest BCUT2D eigenvalue weighted by Gasteiger charge is 2.34. The van der Waals surface area contributed by atoms with E-state index < -0.39 is 0 Å². The third-order valence-electron chi connectivity index (χ3n) is 6.16. The van der Waals surface area contributed by atoms with Crippen LogP contribution in [0.2, 0.25) is 0 Å². The lowest BCUT2D eigenvalue weighted by molar-refractivity contribution is -0.132. The van der Waals surface area contributed by atoms with Crippen LogP contribution in [0.3, 0.4) is 0 Å². The molecule has 6 nitrogen and oxygen atoms in total. The van der Waals surface area contributed by atoms with Crippen molar-refractivity contribution in [2.75, 3.05) is 19.6 Å². The average molecular weight is 434 g/mol. The smallest absolute Gasteiger partial charge is 0.261 e. The summed E-state index contributed by atoms with van der Waals surface area (Å²) in [6, 6.07) is 15.1. The summed E-state index contributed by atoms with van der Waals surface area (Å²) in [5.41, 5.74) is 1.96. The minimum Gasteiger partial charge on any atom is -0.343 e. The molecule has 2 aliphatic heterocycles. The molecule has 0 bridgehead atoms. The number of carbonyl (C=O) groups is 3. The van der Waals surface area contributed by atoms with Crippen molar-refractivity contribution in [1.82, 2.24) is 14.8 Å². The van der Waals surface area contributed by atoms with E-state index in [9.17, 15) is 14.4 Å². The van der Waals surface area contributed by atoms with E-state index in [4.69, 9.17) is 4.98 Å². The molecule has 158 valence electrons. The number of para-hydroxylation sites is 1. The van der Waals surface area contributed by atoms with Crippen molar-refractivity contribution in [3.8, 4) is 0 Å². The minimum absolute atomic E-state index is 0.0966. The molecule has 7 heteroatoms. The number of carbonyl (C=O) groups excluding carboxylic acids is 3. The van der Waals surface area contributed by atoms with Crippen molar-refractivity contribution in [3.05, 3.63) is 64.7 Å². The van der Waals surface area contributed by atoms with Gasteiger partial charge in [0.1, 0.15) is 0 Å². The number of likely N-dealkylation sites (tertiary alicyclic amines) is 1. The number of benzene rings is 2. The van der Waals surface area contributed by atoms with Crippen LogP contribution < -0.4 is 0 Å². The molecule has 0 aliphatic carbocycles. The Bertz CT molecular complexity index is 1100. The first-order valence-corrected chi connectivity index (χ1v) is 11.5. The van der Waals surface area contributed by atoms with E-state index in [-0.39, 0.29) is 24.3 Å². The maximum absolute atomic E-state index is 12.7. The van der Waals surface area contributed by atoms with E-state index in [0.717, 1.165) is 31.4 Å². The Hall–Kier alpha value is -3.06. The summed E-state index contributed by atoms with van der Waals surface area (Å²) in [7, 11) is 0. The Balaban J connectivity index is 1.11. The molecular weight excluding hydrogens is 410 g/mol. The van der Waals surface area contributed by atoms with Crippen molar-refractivity contribution in [3.63, 3.8) is 0 Å². The summed E-state index contributed by atoms with van der Waals surface area (Å²) in [5.74, 6) is -0.0199. The van der Waals surface area contributed by atoms with Gasteiger partial charge in [0.05, 0.1) is 26.4 Å². The first-order valence-electron chi connectivity index (χ1n) is 10.7. The minimum atomic E-state index is -0.260. The van der Waals surface area contributed by atoms with Crippen LogP contribution >= 0.6 is 11.3 Å². The number of nitrogens with zero attached hydrogens (tertiary/aromatic N) is 3. The molecule has 0 unspecified atom stereocenters. The van der Waals surface area contributed by atoms with Gasteiger partial charge in [-0.25, -0.2) is 4.98 Å². The number of amides is 3. The number of imide groups is 1. The van der Waals surface area contributed by atoms with Crippen LogP contribution in [0, 0.1) is 0 Å². The lowest BCUT2D eigenvalue weighted by Gasteiger charge is -2.31. The molecule has 0 radical (unpaired) electrons. The molecule has 0 saturated carbocycles. The van der Waals surface area contributed by atoms with Gasteiger partial charge in [-0.3, -0.25) is 19.3 Å². The second-order valence-corrected chi connectivity index (χ2v) is 9.15. The molecule has 3 amide bonds. The number of aromatic nitrogens is 1. The zero-order valence-corrected chi connectivity index (χ0v) is 17.9. The number of piperidine rings is 1. The summed E-state index contributed by atoms with van der Waals surface area (Å²) in [6.07, 6.45) is 2.68. The van der Waals surface area contributed by atoms with Crippen LogP contribution in [0.15, 0.2) is 48.5 Å². The lowest BCUT2D eigenvalue weighted by atomic mass is 9.97. The predicted molar refractivity (Wildman–Crippen MR) is 119 cm³/mol. The van der Waals surface area contributed by atoms with Gasteiger partial charge in [0.15, 0.2) is 0 Å². The molecule has 0 atom stereocenters. The fraction of sp³-hybridized carbons (Fsp3) is 0.333. The Labute approximate surface area is 184 Å². The van der Waals surface area contributed by atoms with E-state index in [1.807, 2.05) is 23.1 Å². The molecule has 1 fully saturated rings. The van der Waals surface area contributed by atoms with Gasteiger partial charge in [-0.05, 0) is 43.5 Å². The van der Waals surface area contributed by atoms with Crippen molar-refractivity contribution >= 4 is 39.3 Å². The monoisotopic (exact) mass is 433 g/mol. The molecule has 3 aromatic rings. The molecule has 2 aromatic carbocycles. The standard InChI is InChI=1S/C24H23N3O3S/c28-21(10-5-13-27-23(29)17-6-1-2-7-18(17)24(27)30)26-14-11-16(12-15-26)22-25-19-8-3-4-9-20(19)31-22/h1-4,6-9,16H,5,10-15H2. The molecule has 31 heavy (non-hydrogen) atoms. The summed E-state index contributed by atoms with van der Waals surface area (Å²) >= 11 is 1.75. The molecular formula is C24H23N3O3S. The molecule has 1 aromatic heterocycles. The largest absolute Gasteiger partial charge is 0.343 e. The molecule has 0 N–H and O–H groups in total. The maximum atomic E-state index is 12.7. The Morgan fingerprint density at radius 3 is 2.29 bits per heavy atom. The zero-order valence-electron chi connectivity index (χ0n) is 17.1. The highest BCUT2D eigenvalue weighted by molar-refractivity contribution is 7.18. The summed E-state index contributed by atoms with van der Waals surface area (Å²) in [6.45, 7) is 1.74. The number of thiazole rings is 1. The van der Waals surface area contributed by atoms with Crippen molar-refractivity contribution in [2.24, 2.45) is 0 Å². The number of fused-ring (bicyclic) bond motifs is 2. The number of hydrogen-bond donors (Lipinski definition) is 0. The second-order valence-electron chi connectivity index (χ2n) is 8.09. The highest BCUT2D eigenvalue weighted by atomic mass is 32.1. The van der Waals surface area contributed by atoms with E-state index in [2.05, 4.69) is 6.07 Å². The van der Waals surface area contributed by atoms with Crippen LogP contribution in [0.1, 0.15) is 57.3 Å². The third-order valence-corrected chi connectivity index (χ3v) is 7.36. The summed E-state index contributed by atoms with van der Waals surface area (Å²) < 4.78 is 1.21. The van der Waals surface area contributed by atoms with Gasteiger partial charge in [-0.15, -0.1) is 11.3 Å². The van der Waals surface area contributed by atoms with Gasteiger partial charge >= 0.3 is 0 Å². The number of hydrogen-bond acceptors (Lipinski definition) is 5. The van der Waals surface area contributed by atoms with Crippen LogP contribution in [-0.4, -0.2) is 52.1 Å². The van der Waals surface area contributed by atoms with Crippen LogP contribution in [0.5, 0.6) is 0 Å². The first-order chi connectivity index (χ1) is 15.1. The average Bonchev–Trinajstić information content (AvgIpc) is 3.34. The quantitative estimate of drug-likeness (QED) is 0.569. The molecule has 2 aliphatic rings. The zero-order chi connectivity index (χ0) is 21.4. The van der Waals surface area contributed by atoms with Gasteiger partial charge in [-0.2, -0.15) is 0 Å². The maximum Gasteiger partial charge on any atom is 0.261 e. The van der Waals surface area contributed by atoms with Crippen molar-refractivity contribution < 1.29 is 14.4 Å². The lowest BCUT2D eigenvalue weighted by Crippen LogP contribution is -2.38. The first kappa shape index (κ1) is 19.9. The second kappa shape index (κ2) is 8.23. The van der Waals surface area contributed by atoms with Gasteiger partial charge in [-0.1, -0.05) is 24.3 Å². The molecule has 5 rings (SSSR count). The van der Waals surface area contributed by atoms with E-state index in [1.54, 1.807) is 35.6 Å². The Morgan fingerprint density at radius 2 is 1.61 bits per heavy atom. The van der Waals surface area contributed by atoms with Gasteiger partial charge in [0, 0.05) is 32.0 Å². The van der Waals surface area contributed by atoms with E-state index >= 15 is 0 Å². The van der Waals surface area contributed by atoms with Crippen molar-refractivity contribution in [1.29, 1.82) is 0 Å². The van der Waals surface area contributed by atoms with Crippen LogP contribution in [0.25, 0.3) is 10.2 Å². The topological polar surface area (TPSA) is 70.6 Å². The van der Waals surface area contributed by atoms with Gasteiger partial charge < -0.3 is 4.90 Å². The SMILES string of the molecule is O=C(CCCN1C(=O)c2ccccc2C1=O)N1CCC(c2nc3ccccc3s2)CC1.